The molecule has 5 nitrogen and oxygen atoms in total. The Bertz CT molecular complexity index is 514. The van der Waals surface area contributed by atoms with Crippen LogP contribution in [0.25, 0.3) is 11.1 Å². The number of hydrogen-bond acceptors (Lipinski definition) is 5. The molecule has 0 bridgehead atoms. The van der Waals surface area contributed by atoms with Gasteiger partial charge in [-0.3, -0.25) is 0 Å². The zero-order valence-electron chi connectivity index (χ0n) is 8.71. The van der Waals surface area contributed by atoms with E-state index in [0.717, 1.165) is 5.56 Å². The van der Waals surface area contributed by atoms with Gasteiger partial charge in [-0.2, -0.15) is 0 Å². The van der Waals surface area contributed by atoms with Gasteiger partial charge in [0.2, 0.25) is 0 Å². The van der Waals surface area contributed by atoms with Crippen LogP contribution in [-0.2, 0) is 0 Å². The van der Waals surface area contributed by atoms with Gasteiger partial charge in [0.1, 0.15) is 12.1 Å². The van der Waals surface area contributed by atoms with Gasteiger partial charge in [-0.05, 0) is 17.7 Å². The number of hydrogen-bond donors (Lipinski definition) is 2. The Morgan fingerprint density at radius 2 is 2.19 bits per heavy atom. The van der Waals surface area contributed by atoms with E-state index < -0.39 is 0 Å². The molecule has 0 aliphatic heterocycles. The summed E-state index contributed by atoms with van der Waals surface area (Å²) in [5.41, 5.74) is 7.24. The lowest BCUT2D eigenvalue weighted by molar-refractivity contribution is 0.373. The second kappa shape index (κ2) is 4.06. The summed E-state index contributed by atoms with van der Waals surface area (Å²) in [6, 6.07) is 4.96. The van der Waals surface area contributed by atoms with Crippen LogP contribution in [0.1, 0.15) is 0 Å². The maximum Gasteiger partial charge on any atom is 0.161 e. The van der Waals surface area contributed by atoms with Gasteiger partial charge in [0, 0.05) is 11.8 Å². The highest BCUT2D eigenvalue weighted by molar-refractivity contribution is 5.74. The van der Waals surface area contributed by atoms with Crippen molar-refractivity contribution >= 4 is 5.82 Å². The highest BCUT2D eigenvalue weighted by atomic mass is 16.5. The zero-order valence-corrected chi connectivity index (χ0v) is 8.71. The van der Waals surface area contributed by atoms with E-state index in [0.29, 0.717) is 17.1 Å². The van der Waals surface area contributed by atoms with Crippen molar-refractivity contribution in [2.45, 2.75) is 0 Å². The van der Waals surface area contributed by atoms with Gasteiger partial charge in [-0.1, -0.05) is 6.07 Å². The van der Waals surface area contributed by atoms with Gasteiger partial charge in [-0.25, -0.2) is 9.97 Å². The summed E-state index contributed by atoms with van der Waals surface area (Å²) < 4.78 is 5.02. The number of phenols is 1. The van der Waals surface area contributed by atoms with Crippen LogP contribution in [0.2, 0.25) is 0 Å². The maximum absolute atomic E-state index is 9.46. The molecule has 0 aliphatic rings. The van der Waals surface area contributed by atoms with Crippen molar-refractivity contribution < 1.29 is 9.84 Å². The van der Waals surface area contributed by atoms with E-state index in [2.05, 4.69) is 9.97 Å². The first-order valence-electron chi connectivity index (χ1n) is 4.65. The lowest BCUT2D eigenvalue weighted by atomic mass is 10.1. The molecule has 0 radical (unpaired) electrons. The number of aromatic hydroxyl groups is 1. The number of methoxy groups -OCH3 is 1. The molecule has 82 valence electrons. The molecule has 2 aromatic rings. The van der Waals surface area contributed by atoms with E-state index in [-0.39, 0.29) is 5.75 Å². The lowest BCUT2D eigenvalue weighted by Crippen LogP contribution is -1.95. The molecule has 1 aromatic carbocycles. The van der Waals surface area contributed by atoms with Crippen LogP contribution in [0.5, 0.6) is 11.5 Å². The van der Waals surface area contributed by atoms with Crippen molar-refractivity contribution in [1.29, 1.82) is 0 Å². The Morgan fingerprint density at radius 3 is 2.88 bits per heavy atom. The van der Waals surface area contributed by atoms with E-state index in [1.165, 1.54) is 13.4 Å². The molecule has 0 amide bonds. The first-order chi connectivity index (χ1) is 7.72. The predicted octanol–water partition coefficient (Wildman–Crippen LogP) is 1.44. The van der Waals surface area contributed by atoms with E-state index in [4.69, 9.17) is 10.5 Å². The molecule has 0 aliphatic carbocycles. The normalized spacial score (nSPS) is 10.1. The predicted molar refractivity (Wildman–Crippen MR) is 60.1 cm³/mol. The van der Waals surface area contributed by atoms with Crippen LogP contribution in [-0.4, -0.2) is 22.2 Å². The molecule has 5 heteroatoms. The van der Waals surface area contributed by atoms with Crippen LogP contribution in [0, 0.1) is 0 Å². The summed E-state index contributed by atoms with van der Waals surface area (Å²) in [5, 5.41) is 9.46. The number of phenolic OH excluding ortho intramolecular Hbond substituents is 1. The molecule has 3 N–H and O–H groups in total. The van der Waals surface area contributed by atoms with E-state index in [1.807, 2.05) is 0 Å². The van der Waals surface area contributed by atoms with Crippen LogP contribution in [0.15, 0.2) is 30.7 Å². The number of rotatable bonds is 2. The van der Waals surface area contributed by atoms with Crippen LogP contribution < -0.4 is 10.5 Å². The molecule has 0 saturated carbocycles. The van der Waals surface area contributed by atoms with Crippen molar-refractivity contribution in [1.82, 2.24) is 9.97 Å². The molecule has 0 spiro atoms. The number of nitrogens with two attached hydrogens (primary N) is 1. The lowest BCUT2D eigenvalue weighted by Gasteiger charge is -2.07. The molecule has 1 aromatic heterocycles. The topological polar surface area (TPSA) is 81.3 Å². The smallest absolute Gasteiger partial charge is 0.161 e. The SMILES string of the molecule is COc1cc(-c2cncnc2N)ccc1O. The van der Waals surface area contributed by atoms with Gasteiger partial charge < -0.3 is 15.6 Å². The molecule has 0 atom stereocenters. The molecule has 2 rings (SSSR count). The number of anilines is 1. The van der Waals surface area contributed by atoms with Gasteiger partial charge in [0.25, 0.3) is 0 Å². The summed E-state index contributed by atoms with van der Waals surface area (Å²) >= 11 is 0. The van der Waals surface area contributed by atoms with Gasteiger partial charge in [0.15, 0.2) is 11.5 Å². The Labute approximate surface area is 92.5 Å². The largest absolute Gasteiger partial charge is 0.504 e. The summed E-state index contributed by atoms with van der Waals surface area (Å²) in [6.45, 7) is 0. The molecule has 0 saturated heterocycles. The fourth-order valence-corrected chi connectivity index (χ4v) is 1.41. The molecule has 0 fully saturated rings. The summed E-state index contributed by atoms with van der Waals surface area (Å²) in [6.07, 6.45) is 3.00. The number of nitrogens with zero attached hydrogens (tertiary/aromatic N) is 2. The average molecular weight is 217 g/mol. The van der Waals surface area contributed by atoms with Crippen molar-refractivity contribution in [2.24, 2.45) is 0 Å². The first-order valence-corrected chi connectivity index (χ1v) is 4.65. The van der Waals surface area contributed by atoms with Crippen LogP contribution in [0.4, 0.5) is 5.82 Å². The maximum atomic E-state index is 9.46. The van der Waals surface area contributed by atoms with Crippen molar-refractivity contribution in [2.75, 3.05) is 12.8 Å². The second-order valence-corrected chi connectivity index (χ2v) is 3.21. The first kappa shape index (κ1) is 10.2. The summed E-state index contributed by atoms with van der Waals surface area (Å²) in [5.74, 6) is 0.866. The molecular formula is C11H11N3O2. The number of nitrogen functional groups attached to an aromatic ring is 1. The fraction of sp³-hybridized carbons (Fsp3) is 0.0909. The Hall–Kier alpha value is -2.30. The average Bonchev–Trinajstić information content (AvgIpc) is 2.31. The van der Waals surface area contributed by atoms with Crippen LogP contribution >= 0.6 is 0 Å². The zero-order chi connectivity index (χ0) is 11.5. The number of aromatic nitrogens is 2. The Balaban J connectivity index is 2.53. The third-order valence-corrected chi connectivity index (χ3v) is 2.23. The standard InChI is InChI=1S/C11H11N3O2/c1-16-10-4-7(2-3-9(10)15)8-5-13-6-14-11(8)12/h2-6,15H,1H3,(H2,12,13,14). The van der Waals surface area contributed by atoms with E-state index in [1.54, 1.807) is 24.4 Å². The van der Waals surface area contributed by atoms with Gasteiger partial charge >= 0.3 is 0 Å². The third kappa shape index (κ3) is 1.75. The summed E-state index contributed by atoms with van der Waals surface area (Å²) in [7, 11) is 1.49. The van der Waals surface area contributed by atoms with Crippen LogP contribution in [0.3, 0.4) is 0 Å². The minimum Gasteiger partial charge on any atom is -0.504 e. The number of benzene rings is 1. The van der Waals surface area contributed by atoms with Gasteiger partial charge in [0.05, 0.1) is 7.11 Å². The van der Waals surface area contributed by atoms with Crippen molar-refractivity contribution in [3.8, 4) is 22.6 Å². The highest BCUT2D eigenvalue weighted by Gasteiger charge is 2.07. The van der Waals surface area contributed by atoms with E-state index in [9.17, 15) is 5.11 Å². The molecule has 16 heavy (non-hydrogen) atoms. The van der Waals surface area contributed by atoms with E-state index >= 15 is 0 Å². The van der Waals surface area contributed by atoms with Gasteiger partial charge in [-0.15, -0.1) is 0 Å². The molecular weight excluding hydrogens is 206 g/mol. The molecule has 0 unspecified atom stereocenters. The monoisotopic (exact) mass is 217 g/mol. The highest BCUT2D eigenvalue weighted by Crippen LogP contribution is 2.32. The Morgan fingerprint density at radius 1 is 1.38 bits per heavy atom. The fourth-order valence-electron chi connectivity index (χ4n) is 1.41. The molecule has 1 heterocycles. The quantitative estimate of drug-likeness (QED) is 0.795. The summed E-state index contributed by atoms with van der Waals surface area (Å²) in [4.78, 5) is 7.80. The minimum absolute atomic E-state index is 0.0849. The number of ether oxygens (including phenoxy) is 1. The van der Waals surface area contributed by atoms with Crippen molar-refractivity contribution in [3.05, 3.63) is 30.7 Å². The third-order valence-electron chi connectivity index (χ3n) is 2.23. The Kier molecular flexibility index (Phi) is 2.59. The van der Waals surface area contributed by atoms with Crippen molar-refractivity contribution in [3.63, 3.8) is 0 Å². The second-order valence-electron chi connectivity index (χ2n) is 3.21. The minimum atomic E-state index is 0.0849.